The van der Waals surface area contributed by atoms with Crippen LogP contribution in [0.15, 0.2) is 91.1 Å². The molecule has 3 rings (SSSR count). The lowest BCUT2D eigenvalue weighted by Crippen LogP contribution is -2.35. The molecular formula is C22H19FN2O. The Bertz CT molecular complexity index is 839. The van der Waals surface area contributed by atoms with Gasteiger partial charge in [0.05, 0.1) is 6.04 Å². The second-order valence-electron chi connectivity index (χ2n) is 5.76. The van der Waals surface area contributed by atoms with Crippen molar-refractivity contribution in [3.05, 3.63) is 114 Å². The van der Waals surface area contributed by atoms with Crippen LogP contribution >= 0.6 is 0 Å². The Morgan fingerprint density at radius 1 is 0.846 bits per heavy atom. The highest BCUT2D eigenvalue weighted by Gasteiger charge is 2.15. The third-order valence-corrected chi connectivity index (χ3v) is 3.88. The number of hydrogen-bond donors (Lipinski definition) is 2. The molecule has 0 aliphatic heterocycles. The molecule has 0 aliphatic carbocycles. The van der Waals surface area contributed by atoms with E-state index in [1.807, 2.05) is 60.7 Å². The molecule has 0 fully saturated rings. The van der Waals surface area contributed by atoms with Gasteiger partial charge in [-0.05, 0) is 34.9 Å². The van der Waals surface area contributed by atoms with Crippen molar-refractivity contribution in [3.63, 3.8) is 0 Å². The van der Waals surface area contributed by atoms with Crippen molar-refractivity contribution in [1.82, 2.24) is 10.6 Å². The molecule has 0 unspecified atom stereocenters. The zero-order chi connectivity index (χ0) is 18.2. The lowest BCUT2D eigenvalue weighted by Gasteiger charge is -2.19. The fourth-order valence-electron chi connectivity index (χ4n) is 2.65. The van der Waals surface area contributed by atoms with E-state index < -0.39 is 0 Å². The number of halogens is 1. The van der Waals surface area contributed by atoms with Gasteiger partial charge in [-0.3, -0.25) is 0 Å². The summed E-state index contributed by atoms with van der Waals surface area (Å²) in [5.41, 5.74) is 2.65. The summed E-state index contributed by atoms with van der Waals surface area (Å²) in [6, 6.07) is 25.1. The predicted octanol–water partition coefficient (Wildman–Crippen LogP) is 4.89. The summed E-state index contributed by atoms with van der Waals surface area (Å²) in [6.45, 7) is 0. The maximum atomic E-state index is 13.2. The van der Waals surface area contributed by atoms with Crippen LogP contribution in [0.3, 0.4) is 0 Å². The Morgan fingerprint density at radius 3 is 2.04 bits per heavy atom. The van der Waals surface area contributed by atoms with Crippen LogP contribution in [0.2, 0.25) is 0 Å². The number of hydrogen-bond acceptors (Lipinski definition) is 1. The molecule has 130 valence electrons. The summed E-state index contributed by atoms with van der Waals surface area (Å²) in [7, 11) is 0. The van der Waals surface area contributed by atoms with Gasteiger partial charge in [0.2, 0.25) is 0 Å². The third-order valence-electron chi connectivity index (χ3n) is 3.88. The molecule has 0 radical (unpaired) electrons. The highest BCUT2D eigenvalue weighted by Crippen LogP contribution is 2.21. The van der Waals surface area contributed by atoms with Gasteiger partial charge in [-0.25, -0.2) is 9.18 Å². The number of nitrogens with one attached hydrogen (secondary N) is 2. The monoisotopic (exact) mass is 346 g/mol. The highest BCUT2D eigenvalue weighted by atomic mass is 19.1. The second kappa shape index (κ2) is 8.62. The van der Waals surface area contributed by atoms with E-state index in [1.165, 1.54) is 18.3 Å². The van der Waals surface area contributed by atoms with Gasteiger partial charge in [0.1, 0.15) is 5.82 Å². The van der Waals surface area contributed by atoms with Crippen molar-refractivity contribution in [2.45, 2.75) is 6.04 Å². The van der Waals surface area contributed by atoms with Crippen molar-refractivity contribution in [1.29, 1.82) is 0 Å². The molecule has 0 aromatic heterocycles. The van der Waals surface area contributed by atoms with E-state index in [2.05, 4.69) is 10.6 Å². The Balaban J connectivity index is 1.70. The Morgan fingerprint density at radius 2 is 1.46 bits per heavy atom. The second-order valence-corrected chi connectivity index (χ2v) is 5.76. The lowest BCUT2D eigenvalue weighted by molar-refractivity contribution is 0.242. The molecule has 0 bridgehead atoms. The maximum absolute atomic E-state index is 13.2. The SMILES string of the molecule is O=C(N/C=C/c1cccc(F)c1)NC(c1ccccc1)c1ccccc1. The molecule has 3 nitrogen and oxygen atoms in total. The van der Waals surface area contributed by atoms with Gasteiger partial charge in [-0.15, -0.1) is 0 Å². The number of amides is 2. The van der Waals surface area contributed by atoms with Gasteiger partial charge in [0.15, 0.2) is 0 Å². The summed E-state index contributed by atoms with van der Waals surface area (Å²) in [4.78, 5) is 12.3. The quantitative estimate of drug-likeness (QED) is 0.679. The molecular weight excluding hydrogens is 327 g/mol. The maximum Gasteiger partial charge on any atom is 0.319 e. The standard InChI is InChI=1S/C22H19FN2O/c23-20-13-7-8-17(16-20)14-15-24-22(26)25-21(18-9-3-1-4-10-18)19-11-5-2-6-12-19/h1-16,21H,(H2,24,25,26)/b15-14+. The number of carbonyl (C=O) groups is 1. The van der Waals surface area contributed by atoms with E-state index in [0.29, 0.717) is 5.56 Å². The lowest BCUT2D eigenvalue weighted by atomic mass is 9.99. The molecule has 0 atom stereocenters. The zero-order valence-corrected chi connectivity index (χ0v) is 14.1. The first kappa shape index (κ1) is 17.4. The normalized spacial score (nSPS) is 10.8. The van der Waals surface area contributed by atoms with Crippen LogP contribution in [0.5, 0.6) is 0 Å². The number of urea groups is 1. The van der Waals surface area contributed by atoms with Gasteiger partial charge >= 0.3 is 6.03 Å². The van der Waals surface area contributed by atoms with Crippen LogP contribution in [0.4, 0.5) is 9.18 Å². The minimum Gasteiger partial charge on any atom is -0.327 e. The van der Waals surface area contributed by atoms with Crippen LogP contribution in [-0.2, 0) is 0 Å². The topological polar surface area (TPSA) is 41.1 Å². The fraction of sp³-hybridized carbons (Fsp3) is 0.0455. The fourth-order valence-corrected chi connectivity index (χ4v) is 2.65. The molecule has 0 spiro atoms. The van der Waals surface area contributed by atoms with E-state index >= 15 is 0 Å². The van der Waals surface area contributed by atoms with Crippen LogP contribution in [-0.4, -0.2) is 6.03 Å². The summed E-state index contributed by atoms with van der Waals surface area (Å²) >= 11 is 0. The Kier molecular flexibility index (Phi) is 5.78. The van der Waals surface area contributed by atoms with Crippen LogP contribution in [0.1, 0.15) is 22.7 Å². The van der Waals surface area contributed by atoms with Crippen LogP contribution in [0.25, 0.3) is 6.08 Å². The van der Waals surface area contributed by atoms with Crippen molar-refractivity contribution in [3.8, 4) is 0 Å². The van der Waals surface area contributed by atoms with E-state index in [4.69, 9.17) is 0 Å². The van der Waals surface area contributed by atoms with Crippen molar-refractivity contribution >= 4 is 12.1 Å². The van der Waals surface area contributed by atoms with Gasteiger partial charge < -0.3 is 10.6 Å². The Hall–Kier alpha value is -3.40. The predicted molar refractivity (Wildman–Crippen MR) is 102 cm³/mol. The average molecular weight is 346 g/mol. The van der Waals surface area contributed by atoms with Gasteiger partial charge in [-0.2, -0.15) is 0 Å². The molecule has 2 amide bonds. The van der Waals surface area contributed by atoms with Gasteiger partial charge in [0, 0.05) is 6.20 Å². The highest BCUT2D eigenvalue weighted by molar-refractivity contribution is 5.77. The summed E-state index contributed by atoms with van der Waals surface area (Å²) in [5.74, 6) is -0.315. The first-order chi connectivity index (χ1) is 12.7. The smallest absolute Gasteiger partial charge is 0.319 e. The minimum atomic E-state index is -0.338. The molecule has 4 heteroatoms. The first-order valence-electron chi connectivity index (χ1n) is 8.31. The summed E-state index contributed by atoms with van der Waals surface area (Å²) in [6.07, 6.45) is 3.14. The van der Waals surface area contributed by atoms with Crippen molar-refractivity contribution < 1.29 is 9.18 Å². The largest absolute Gasteiger partial charge is 0.327 e. The summed E-state index contributed by atoms with van der Waals surface area (Å²) < 4.78 is 13.2. The molecule has 0 saturated heterocycles. The first-order valence-corrected chi connectivity index (χ1v) is 8.31. The van der Waals surface area contributed by atoms with E-state index in [1.54, 1.807) is 18.2 Å². The van der Waals surface area contributed by atoms with Crippen molar-refractivity contribution in [2.75, 3.05) is 0 Å². The number of rotatable bonds is 5. The molecule has 0 aliphatic rings. The zero-order valence-electron chi connectivity index (χ0n) is 14.1. The molecule has 3 aromatic carbocycles. The molecule has 0 heterocycles. The Labute approximate surface area is 152 Å². The van der Waals surface area contributed by atoms with E-state index in [-0.39, 0.29) is 17.9 Å². The van der Waals surface area contributed by atoms with Crippen LogP contribution < -0.4 is 10.6 Å². The molecule has 0 saturated carbocycles. The molecule has 2 N–H and O–H groups in total. The van der Waals surface area contributed by atoms with E-state index in [0.717, 1.165) is 11.1 Å². The van der Waals surface area contributed by atoms with E-state index in [9.17, 15) is 9.18 Å². The average Bonchev–Trinajstić information content (AvgIpc) is 2.67. The number of benzene rings is 3. The minimum absolute atomic E-state index is 0.264. The van der Waals surface area contributed by atoms with Crippen LogP contribution in [0, 0.1) is 5.82 Å². The van der Waals surface area contributed by atoms with Gasteiger partial charge in [-0.1, -0.05) is 72.8 Å². The van der Waals surface area contributed by atoms with Gasteiger partial charge in [0.25, 0.3) is 0 Å². The number of carbonyl (C=O) groups excluding carboxylic acids is 1. The van der Waals surface area contributed by atoms with Crippen molar-refractivity contribution in [2.24, 2.45) is 0 Å². The summed E-state index contributed by atoms with van der Waals surface area (Å²) in [5, 5.41) is 5.64. The molecule has 26 heavy (non-hydrogen) atoms. The third kappa shape index (κ3) is 4.80. The molecule has 3 aromatic rings.